The molecule has 5 nitrogen and oxygen atoms in total. The van der Waals surface area contributed by atoms with Crippen molar-refractivity contribution in [3.05, 3.63) is 29.8 Å². The molecule has 0 heterocycles. The van der Waals surface area contributed by atoms with Crippen molar-refractivity contribution >= 4 is 11.7 Å². The maximum atomic E-state index is 11.8. The molecule has 1 amide bonds. The van der Waals surface area contributed by atoms with Crippen LogP contribution in [0.4, 0.5) is 0 Å². The molecule has 0 aliphatic heterocycles. The summed E-state index contributed by atoms with van der Waals surface area (Å²) < 4.78 is 5.05. The van der Waals surface area contributed by atoms with E-state index in [9.17, 15) is 9.59 Å². The van der Waals surface area contributed by atoms with Gasteiger partial charge in [0.25, 0.3) is 0 Å². The minimum atomic E-state index is -0.0732. The second-order valence-electron chi connectivity index (χ2n) is 3.81. The number of amides is 1. The van der Waals surface area contributed by atoms with Crippen LogP contribution in [-0.4, -0.2) is 38.4 Å². The molecule has 5 heteroatoms. The Morgan fingerprint density at radius 1 is 1.28 bits per heavy atom. The van der Waals surface area contributed by atoms with E-state index in [2.05, 4.69) is 10.6 Å². The molecular formula is C13H18N2O3. The monoisotopic (exact) mass is 250 g/mol. The number of rotatable bonds is 7. The highest BCUT2D eigenvalue weighted by Gasteiger charge is 2.05. The van der Waals surface area contributed by atoms with Gasteiger partial charge in [0, 0.05) is 25.6 Å². The van der Waals surface area contributed by atoms with Crippen molar-refractivity contribution in [3.63, 3.8) is 0 Å². The van der Waals surface area contributed by atoms with Gasteiger partial charge in [-0.15, -0.1) is 0 Å². The van der Waals surface area contributed by atoms with E-state index >= 15 is 0 Å². The van der Waals surface area contributed by atoms with Crippen LogP contribution in [0.3, 0.4) is 0 Å². The minimum absolute atomic E-state index is 0.00303. The molecule has 2 N–H and O–H groups in total. The smallest absolute Gasteiger partial charge is 0.216 e. The van der Waals surface area contributed by atoms with Crippen molar-refractivity contribution < 1.29 is 14.3 Å². The summed E-state index contributed by atoms with van der Waals surface area (Å²) in [5, 5.41) is 5.62. The number of carbonyl (C=O) groups is 2. The number of carbonyl (C=O) groups excluding carboxylic acids is 2. The zero-order chi connectivity index (χ0) is 13.4. The second-order valence-corrected chi connectivity index (χ2v) is 3.81. The van der Waals surface area contributed by atoms with E-state index in [-0.39, 0.29) is 18.2 Å². The third-order valence-electron chi connectivity index (χ3n) is 2.35. The molecule has 0 aliphatic rings. The quantitative estimate of drug-likeness (QED) is 0.549. The molecule has 0 atom stereocenters. The van der Waals surface area contributed by atoms with E-state index in [4.69, 9.17) is 4.74 Å². The van der Waals surface area contributed by atoms with Gasteiger partial charge in [0.05, 0.1) is 13.7 Å². The van der Waals surface area contributed by atoms with Gasteiger partial charge in [0.1, 0.15) is 5.75 Å². The van der Waals surface area contributed by atoms with E-state index in [0.717, 1.165) is 0 Å². The maximum absolute atomic E-state index is 11.8. The first kappa shape index (κ1) is 14.2. The summed E-state index contributed by atoms with van der Waals surface area (Å²) in [6, 6.07) is 7.03. The first-order valence-electron chi connectivity index (χ1n) is 5.76. The van der Waals surface area contributed by atoms with E-state index in [1.807, 2.05) is 0 Å². The Balaban J connectivity index is 2.33. The molecule has 0 saturated heterocycles. The van der Waals surface area contributed by atoms with Gasteiger partial charge in [-0.3, -0.25) is 9.59 Å². The molecule has 18 heavy (non-hydrogen) atoms. The van der Waals surface area contributed by atoms with Crippen molar-refractivity contribution in [2.75, 3.05) is 26.7 Å². The Hall–Kier alpha value is -1.88. The van der Waals surface area contributed by atoms with Gasteiger partial charge >= 0.3 is 0 Å². The average Bonchev–Trinajstić information content (AvgIpc) is 2.37. The third kappa shape index (κ3) is 4.97. The van der Waals surface area contributed by atoms with E-state index in [1.54, 1.807) is 31.4 Å². The molecule has 1 aromatic carbocycles. The van der Waals surface area contributed by atoms with Gasteiger partial charge in [0.15, 0.2) is 5.78 Å². The molecule has 0 spiro atoms. The Labute approximate surface area is 107 Å². The number of nitrogens with one attached hydrogen (secondary N) is 2. The Morgan fingerprint density at radius 3 is 2.72 bits per heavy atom. The number of ketones is 1. The fraction of sp³-hybridized carbons (Fsp3) is 0.385. The number of hydrogen-bond donors (Lipinski definition) is 2. The molecule has 1 aromatic rings. The number of Topliss-reactive ketones (excluding diaryl/α,β-unsaturated/α-hetero) is 1. The highest BCUT2D eigenvalue weighted by molar-refractivity contribution is 5.97. The molecule has 0 fully saturated rings. The van der Waals surface area contributed by atoms with Gasteiger partial charge in [-0.2, -0.15) is 0 Å². The SMILES string of the molecule is COc1cccc(C(=O)CNCCNC(C)=O)c1. The van der Waals surface area contributed by atoms with Crippen molar-refractivity contribution in [3.8, 4) is 5.75 Å². The fourth-order valence-electron chi connectivity index (χ4n) is 1.43. The summed E-state index contributed by atoms with van der Waals surface area (Å²) in [6.07, 6.45) is 0. The number of hydrogen-bond acceptors (Lipinski definition) is 4. The molecule has 98 valence electrons. The summed E-state index contributed by atoms with van der Waals surface area (Å²) in [6.45, 7) is 2.78. The van der Waals surface area contributed by atoms with Gasteiger partial charge in [-0.1, -0.05) is 12.1 Å². The topological polar surface area (TPSA) is 67.4 Å². The lowest BCUT2D eigenvalue weighted by Crippen LogP contribution is -2.32. The summed E-state index contributed by atoms with van der Waals surface area (Å²) >= 11 is 0. The average molecular weight is 250 g/mol. The fourth-order valence-corrected chi connectivity index (χ4v) is 1.43. The van der Waals surface area contributed by atoms with Crippen LogP contribution in [0.15, 0.2) is 24.3 Å². The molecule has 0 aromatic heterocycles. The van der Waals surface area contributed by atoms with Crippen molar-refractivity contribution in [2.24, 2.45) is 0 Å². The van der Waals surface area contributed by atoms with Gasteiger partial charge in [-0.25, -0.2) is 0 Å². The van der Waals surface area contributed by atoms with Crippen LogP contribution >= 0.6 is 0 Å². The first-order valence-corrected chi connectivity index (χ1v) is 5.76. The Kier molecular flexibility index (Phi) is 5.87. The van der Waals surface area contributed by atoms with Crippen molar-refractivity contribution in [1.82, 2.24) is 10.6 Å². The van der Waals surface area contributed by atoms with Crippen LogP contribution in [0.2, 0.25) is 0 Å². The minimum Gasteiger partial charge on any atom is -0.497 e. The Bertz CT molecular complexity index is 418. The Morgan fingerprint density at radius 2 is 2.06 bits per heavy atom. The lowest BCUT2D eigenvalue weighted by Gasteiger charge is -2.06. The first-order chi connectivity index (χ1) is 8.63. The largest absolute Gasteiger partial charge is 0.497 e. The van der Waals surface area contributed by atoms with Crippen LogP contribution < -0.4 is 15.4 Å². The molecule has 0 saturated carbocycles. The highest BCUT2D eigenvalue weighted by atomic mass is 16.5. The van der Waals surface area contributed by atoms with E-state index < -0.39 is 0 Å². The normalized spacial score (nSPS) is 9.89. The van der Waals surface area contributed by atoms with Gasteiger partial charge in [0.2, 0.25) is 5.91 Å². The van der Waals surface area contributed by atoms with Crippen molar-refractivity contribution in [2.45, 2.75) is 6.92 Å². The van der Waals surface area contributed by atoms with Crippen molar-refractivity contribution in [1.29, 1.82) is 0 Å². The zero-order valence-corrected chi connectivity index (χ0v) is 10.7. The lowest BCUT2D eigenvalue weighted by molar-refractivity contribution is -0.118. The predicted molar refractivity (Wildman–Crippen MR) is 68.9 cm³/mol. The molecule has 0 bridgehead atoms. The van der Waals surface area contributed by atoms with Crippen LogP contribution in [-0.2, 0) is 4.79 Å². The molecule has 0 aliphatic carbocycles. The van der Waals surface area contributed by atoms with Crippen LogP contribution in [0, 0.1) is 0 Å². The molecular weight excluding hydrogens is 232 g/mol. The third-order valence-corrected chi connectivity index (χ3v) is 2.35. The standard InChI is InChI=1S/C13H18N2O3/c1-10(16)15-7-6-14-9-13(17)11-4-3-5-12(8-11)18-2/h3-5,8,14H,6-7,9H2,1-2H3,(H,15,16). The molecule has 1 rings (SSSR count). The molecule has 0 unspecified atom stereocenters. The highest BCUT2D eigenvalue weighted by Crippen LogP contribution is 2.12. The predicted octanol–water partition coefficient (Wildman–Crippen LogP) is 0.604. The molecule has 0 radical (unpaired) electrons. The maximum Gasteiger partial charge on any atom is 0.216 e. The second kappa shape index (κ2) is 7.45. The van der Waals surface area contributed by atoms with Gasteiger partial charge < -0.3 is 15.4 Å². The zero-order valence-electron chi connectivity index (χ0n) is 10.7. The summed E-state index contributed by atoms with van der Waals surface area (Å²) in [4.78, 5) is 22.4. The van der Waals surface area contributed by atoms with E-state index in [1.165, 1.54) is 6.92 Å². The van der Waals surface area contributed by atoms with E-state index in [0.29, 0.717) is 24.4 Å². The number of ether oxygens (including phenoxy) is 1. The number of methoxy groups -OCH3 is 1. The van der Waals surface area contributed by atoms with Crippen LogP contribution in [0.1, 0.15) is 17.3 Å². The van der Waals surface area contributed by atoms with Crippen LogP contribution in [0.5, 0.6) is 5.75 Å². The summed E-state index contributed by atoms with van der Waals surface area (Å²) in [5.74, 6) is 0.590. The lowest BCUT2D eigenvalue weighted by atomic mass is 10.1. The summed E-state index contributed by atoms with van der Waals surface area (Å²) in [5.41, 5.74) is 0.612. The van der Waals surface area contributed by atoms with Gasteiger partial charge in [-0.05, 0) is 12.1 Å². The van der Waals surface area contributed by atoms with Crippen LogP contribution in [0.25, 0.3) is 0 Å². The summed E-state index contributed by atoms with van der Waals surface area (Å²) in [7, 11) is 1.56. The number of benzene rings is 1.